The Labute approximate surface area is 189 Å². The summed E-state index contributed by atoms with van der Waals surface area (Å²) in [5.41, 5.74) is 1.42. The topological polar surface area (TPSA) is 76.9 Å². The molecule has 162 valence electrons. The third-order valence-electron chi connectivity index (χ3n) is 5.30. The standard InChI is InChI=1S/C23H23BrN2O5/c1-29-19-9-8-15(11-17(19)24)12-21-23(28)26(18-6-2-3-7-20(18)31-21)14-22(27)25-13-16-5-4-10-30-16/h2-3,6-9,11-12,16,20H,4-5,10,13-14H2,1H3/p+1/b21-12-. The van der Waals surface area contributed by atoms with E-state index in [0.717, 1.165) is 29.5 Å². The fraction of sp³-hybridized carbons (Fsp3) is 0.348. The van der Waals surface area contributed by atoms with Gasteiger partial charge in [0.2, 0.25) is 24.1 Å². The second-order valence-corrected chi connectivity index (χ2v) is 8.29. The van der Waals surface area contributed by atoms with E-state index in [1.54, 1.807) is 25.3 Å². The number of hydrogen-bond donors (Lipinski definition) is 1. The van der Waals surface area contributed by atoms with Crippen LogP contribution >= 0.6 is 15.9 Å². The van der Waals surface area contributed by atoms with Crippen LogP contribution < -0.4 is 10.1 Å². The second kappa shape index (κ2) is 9.62. The van der Waals surface area contributed by atoms with Crippen LogP contribution in [0, 0.1) is 0 Å². The predicted molar refractivity (Wildman–Crippen MR) is 119 cm³/mol. The number of hydrogen-bond acceptors (Lipinski definition) is 5. The molecule has 1 saturated heterocycles. The Balaban J connectivity index is 1.55. The van der Waals surface area contributed by atoms with Crippen LogP contribution in [-0.2, 0) is 19.1 Å². The van der Waals surface area contributed by atoms with Crippen molar-refractivity contribution in [2.45, 2.75) is 25.0 Å². The third kappa shape index (κ3) is 4.97. The summed E-state index contributed by atoms with van der Waals surface area (Å²) in [4.78, 5) is 25.8. The molecule has 0 radical (unpaired) electrons. The number of carbonyl (C=O) groups excluding carboxylic acids is 2. The van der Waals surface area contributed by atoms with Crippen molar-refractivity contribution in [3.8, 4) is 5.75 Å². The Kier molecular flexibility index (Phi) is 6.67. The maximum absolute atomic E-state index is 13.2. The quantitative estimate of drug-likeness (QED) is 0.492. The van der Waals surface area contributed by atoms with Gasteiger partial charge in [-0.1, -0.05) is 18.2 Å². The minimum atomic E-state index is -0.429. The van der Waals surface area contributed by atoms with E-state index in [9.17, 15) is 9.59 Å². The Hall–Kier alpha value is -2.71. The number of allylic oxidation sites excluding steroid dienone is 2. The van der Waals surface area contributed by atoms with Crippen LogP contribution in [0.2, 0.25) is 0 Å². The Morgan fingerprint density at radius 1 is 1.39 bits per heavy atom. The first-order valence-corrected chi connectivity index (χ1v) is 11.0. The molecular weight excluding hydrogens is 464 g/mol. The van der Waals surface area contributed by atoms with E-state index in [0.29, 0.717) is 18.0 Å². The molecule has 2 heterocycles. The summed E-state index contributed by atoms with van der Waals surface area (Å²) in [6, 6.07) is 5.49. The third-order valence-corrected chi connectivity index (χ3v) is 5.92. The van der Waals surface area contributed by atoms with Gasteiger partial charge >= 0.3 is 5.91 Å². The molecule has 2 atom stereocenters. The van der Waals surface area contributed by atoms with E-state index in [-0.39, 0.29) is 30.2 Å². The molecule has 0 aromatic heterocycles. The number of benzene rings is 1. The molecule has 0 saturated carbocycles. The normalized spacial score (nSPS) is 23.7. The zero-order valence-corrected chi connectivity index (χ0v) is 18.8. The number of ether oxygens (including phenoxy) is 3. The van der Waals surface area contributed by atoms with Crippen molar-refractivity contribution in [3.05, 3.63) is 58.3 Å². The van der Waals surface area contributed by atoms with Gasteiger partial charge in [0.1, 0.15) is 5.75 Å². The maximum Gasteiger partial charge on any atom is 0.455 e. The van der Waals surface area contributed by atoms with Gasteiger partial charge in [0.05, 0.1) is 17.7 Å². The first-order valence-electron chi connectivity index (χ1n) is 10.2. The molecule has 31 heavy (non-hydrogen) atoms. The molecule has 3 aliphatic rings. The maximum atomic E-state index is 13.2. The molecule has 2 unspecified atom stereocenters. The van der Waals surface area contributed by atoms with E-state index in [1.807, 2.05) is 30.4 Å². The molecule has 4 rings (SSSR count). The first kappa shape index (κ1) is 21.5. The number of carbonyl (C=O) groups is 2. The lowest BCUT2D eigenvalue weighted by atomic mass is 10.1. The molecule has 8 heteroatoms. The summed E-state index contributed by atoms with van der Waals surface area (Å²) in [6.45, 7) is 1.10. The van der Waals surface area contributed by atoms with Crippen molar-refractivity contribution in [1.29, 1.82) is 0 Å². The summed E-state index contributed by atoms with van der Waals surface area (Å²) < 4.78 is 19.0. The summed E-state index contributed by atoms with van der Waals surface area (Å²) in [6.07, 6.45) is 10.6. The van der Waals surface area contributed by atoms with Crippen molar-refractivity contribution in [3.63, 3.8) is 0 Å². The highest BCUT2D eigenvalue weighted by Crippen LogP contribution is 2.27. The molecule has 1 aromatic carbocycles. The van der Waals surface area contributed by atoms with E-state index >= 15 is 0 Å². The van der Waals surface area contributed by atoms with Gasteiger partial charge in [-0.15, -0.1) is 4.58 Å². The number of amides is 2. The van der Waals surface area contributed by atoms with Gasteiger partial charge in [0, 0.05) is 19.2 Å². The lowest BCUT2D eigenvalue weighted by Crippen LogP contribution is -2.47. The molecule has 1 aromatic rings. The lowest BCUT2D eigenvalue weighted by molar-refractivity contribution is -0.443. The largest absolute Gasteiger partial charge is 0.496 e. The smallest absolute Gasteiger partial charge is 0.455 e. The zero-order chi connectivity index (χ0) is 21.8. The predicted octanol–water partition coefficient (Wildman–Crippen LogP) is 2.60. The molecule has 2 aliphatic heterocycles. The highest BCUT2D eigenvalue weighted by molar-refractivity contribution is 9.10. The second-order valence-electron chi connectivity index (χ2n) is 7.44. The Bertz CT molecular complexity index is 1010. The zero-order valence-electron chi connectivity index (χ0n) is 17.2. The van der Waals surface area contributed by atoms with Gasteiger partial charge in [-0.05, 0) is 58.6 Å². The molecule has 2 amide bonds. The van der Waals surface area contributed by atoms with Gasteiger partial charge < -0.3 is 19.5 Å². The van der Waals surface area contributed by atoms with Gasteiger partial charge in [-0.2, -0.15) is 0 Å². The first-order chi connectivity index (χ1) is 15.0. The molecule has 0 bridgehead atoms. The lowest BCUT2D eigenvalue weighted by Gasteiger charge is -2.22. The Morgan fingerprint density at radius 2 is 2.26 bits per heavy atom. The summed E-state index contributed by atoms with van der Waals surface area (Å²) in [7, 11) is 1.59. The molecule has 1 aliphatic carbocycles. The minimum Gasteiger partial charge on any atom is -0.496 e. The SMILES string of the molecule is COc1ccc(/C=C2\OC3C=CC=CC3=[N+](CC(=O)NCC3CCCO3)C2=O)cc1Br. The number of nitrogens with one attached hydrogen (secondary N) is 1. The van der Waals surface area contributed by atoms with E-state index < -0.39 is 6.10 Å². The molecular formula is C23H24BrN2O5+. The number of fused-ring (bicyclic) bond motifs is 1. The fourth-order valence-electron chi connectivity index (χ4n) is 3.71. The summed E-state index contributed by atoms with van der Waals surface area (Å²) in [5, 5.41) is 2.88. The van der Waals surface area contributed by atoms with Gasteiger partial charge in [-0.25, -0.2) is 4.79 Å². The van der Waals surface area contributed by atoms with Crippen molar-refractivity contribution >= 4 is 39.5 Å². The number of methoxy groups -OCH3 is 1. The summed E-state index contributed by atoms with van der Waals surface area (Å²) >= 11 is 3.45. The molecule has 0 spiro atoms. The average molecular weight is 488 g/mol. The van der Waals surface area contributed by atoms with Crippen LogP contribution in [-0.4, -0.2) is 61.1 Å². The average Bonchev–Trinajstić information content (AvgIpc) is 3.29. The minimum absolute atomic E-state index is 0.0474. The van der Waals surface area contributed by atoms with Crippen LogP contribution in [0.5, 0.6) is 5.75 Å². The van der Waals surface area contributed by atoms with Crippen LogP contribution in [0.15, 0.2) is 52.7 Å². The van der Waals surface area contributed by atoms with E-state index in [4.69, 9.17) is 14.2 Å². The number of nitrogens with zero attached hydrogens (tertiary/aromatic N) is 1. The summed E-state index contributed by atoms with van der Waals surface area (Å²) in [5.74, 6) is 0.285. The highest BCUT2D eigenvalue weighted by Gasteiger charge is 2.40. The number of halogens is 1. The van der Waals surface area contributed by atoms with Crippen molar-refractivity contribution in [1.82, 2.24) is 5.32 Å². The van der Waals surface area contributed by atoms with Crippen LogP contribution in [0.4, 0.5) is 0 Å². The molecule has 1 N–H and O–H groups in total. The van der Waals surface area contributed by atoms with E-state index in [2.05, 4.69) is 21.2 Å². The highest BCUT2D eigenvalue weighted by atomic mass is 79.9. The van der Waals surface area contributed by atoms with Gasteiger partial charge in [-0.3, -0.25) is 4.79 Å². The van der Waals surface area contributed by atoms with Crippen LogP contribution in [0.25, 0.3) is 6.08 Å². The van der Waals surface area contributed by atoms with E-state index in [1.165, 1.54) is 4.58 Å². The van der Waals surface area contributed by atoms with Crippen LogP contribution in [0.3, 0.4) is 0 Å². The van der Waals surface area contributed by atoms with Gasteiger partial charge in [0.25, 0.3) is 5.91 Å². The van der Waals surface area contributed by atoms with Crippen LogP contribution in [0.1, 0.15) is 18.4 Å². The Morgan fingerprint density at radius 3 is 3.00 bits per heavy atom. The van der Waals surface area contributed by atoms with Gasteiger partial charge in [0.15, 0.2) is 0 Å². The monoisotopic (exact) mass is 487 g/mol. The molecule has 7 nitrogen and oxygen atoms in total. The van der Waals surface area contributed by atoms with Crippen molar-refractivity contribution in [2.75, 3.05) is 26.8 Å². The van der Waals surface area contributed by atoms with Crippen molar-refractivity contribution in [2.24, 2.45) is 0 Å². The fourth-order valence-corrected chi connectivity index (χ4v) is 4.27. The molecule has 1 fully saturated rings. The number of rotatable bonds is 6. The van der Waals surface area contributed by atoms with Crippen molar-refractivity contribution < 1.29 is 28.4 Å².